The van der Waals surface area contributed by atoms with Crippen LogP contribution in [0.5, 0.6) is 11.5 Å². The second kappa shape index (κ2) is 8.73. The third kappa shape index (κ3) is 4.74. The first-order valence-corrected chi connectivity index (χ1v) is 8.66. The highest BCUT2D eigenvalue weighted by Gasteiger charge is 2.17. The Balaban J connectivity index is 2.24. The van der Waals surface area contributed by atoms with Crippen LogP contribution in [0.2, 0.25) is 0 Å². The van der Waals surface area contributed by atoms with Gasteiger partial charge in [0.1, 0.15) is 6.61 Å². The van der Waals surface area contributed by atoms with E-state index in [1.165, 1.54) is 5.56 Å². The highest BCUT2D eigenvalue weighted by atomic mass is 79.9. The molecule has 4 nitrogen and oxygen atoms in total. The second-order valence-corrected chi connectivity index (χ2v) is 6.07. The molecular formula is C19H21BrO4. The standard InChI is InChI=1S/C19H21BrO4/c1-4-22-17-11-15(19(21)23-5-2)10-16(20)18(17)24-12-14-8-6-13(3)7-9-14/h6-11H,4-5,12H2,1-3H3. The molecule has 24 heavy (non-hydrogen) atoms. The maximum absolute atomic E-state index is 11.9. The largest absolute Gasteiger partial charge is 0.490 e. The molecule has 0 atom stereocenters. The Morgan fingerprint density at radius 1 is 1.04 bits per heavy atom. The van der Waals surface area contributed by atoms with Gasteiger partial charge in [0.2, 0.25) is 0 Å². The number of carbonyl (C=O) groups is 1. The van der Waals surface area contributed by atoms with Gasteiger partial charge in [0, 0.05) is 0 Å². The minimum absolute atomic E-state index is 0.325. The van der Waals surface area contributed by atoms with Crippen LogP contribution >= 0.6 is 15.9 Å². The molecule has 2 aromatic rings. The lowest BCUT2D eigenvalue weighted by molar-refractivity contribution is 0.0525. The Labute approximate surface area is 150 Å². The Morgan fingerprint density at radius 3 is 2.38 bits per heavy atom. The van der Waals surface area contributed by atoms with Gasteiger partial charge in [0.05, 0.1) is 23.2 Å². The van der Waals surface area contributed by atoms with Crippen molar-refractivity contribution in [1.82, 2.24) is 0 Å². The van der Waals surface area contributed by atoms with Crippen LogP contribution in [0.3, 0.4) is 0 Å². The lowest BCUT2D eigenvalue weighted by atomic mass is 10.1. The zero-order valence-electron chi connectivity index (χ0n) is 14.1. The maximum atomic E-state index is 11.9. The van der Waals surface area contributed by atoms with Crippen molar-refractivity contribution in [2.45, 2.75) is 27.4 Å². The lowest BCUT2D eigenvalue weighted by Gasteiger charge is -2.15. The SMILES string of the molecule is CCOC(=O)c1cc(Br)c(OCc2ccc(C)cc2)c(OCC)c1. The number of rotatable bonds is 7. The summed E-state index contributed by atoms with van der Waals surface area (Å²) < 4.78 is 17.2. The summed E-state index contributed by atoms with van der Waals surface area (Å²) in [5.41, 5.74) is 2.69. The molecule has 0 saturated carbocycles. The molecule has 0 radical (unpaired) electrons. The molecule has 0 aliphatic carbocycles. The van der Waals surface area contributed by atoms with E-state index in [9.17, 15) is 4.79 Å². The predicted octanol–water partition coefficient (Wildman–Crippen LogP) is 4.91. The second-order valence-electron chi connectivity index (χ2n) is 5.21. The van der Waals surface area contributed by atoms with Crippen molar-refractivity contribution in [1.29, 1.82) is 0 Å². The summed E-state index contributed by atoms with van der Waals surface area (Å²) in [6.45, 7) is 6.91. The Kier molecular flexibility index (Phi) is 6.67. The average Bonchev–Trinajstić information content (AvgIpc) is 2.56. The summed E-state index contributed by atoms with van der Waals surface area (Å²) in [6, 6.07) is 11.5. The van der Waals surface area contributed by atoms with E-state index in [1.807, 2.05) is 38.1 Å². The van der Waals surface area contributed by atoms with Crippen molar-refractivity contribution in [2.75, 3.05) is 13.2 Å². The minimum atomic E-state index is -0.385. The van der Waals surface area contributed by atoms with Crippen molar-refractivity contribution in [2.24, 2.45) is 0 Å². The Hall–Kier alpha value is -2.01. The number of ether oxygens (including phenoxy) is 3. The molecule has 0 aliphatic heterocycles. The molecule has 0 N–H and O–H groups in total. The van der Waals surface area contributed by atoms with Gasteiger partial charge < -0.3 is 14.2 Å². The summed E-state index contributed by atoms with van der Waals surface area (Å²) in [5, 5.41) is 0. The van der Waals surface area contributed by atoms with E-state index in [1.54, 1.807) is 19.1 Å². The van der Waals surface area contributed by atoms with Crippen LogP contribution in [-0.2, 0) is 11.3 Å². The van der Waals surface area contributed by atoms with Crippen molar-refractivity contribution in [3.8, 4) is 11.5 Å². The van der Waals surface area contributed by atoms with Crippen LogP contribution in [0.25, 0.3) is 0 Å². The van der Waals surface area contributed by atoms with Crippen LogP contribution in [-0.4, -0.2) is 19.2 Å². The monoisotopic (exact) mass is 392 g/mol. The highest BCUT2D eigenvalue weighted by molar-refractivity contribution is 9.10. The first kappa shape index (κ1) is 18.3. The third-order valence-electron chi connectivity index (χ3n) is 3.32. The van der Waals surface area contributed by atoms with Gasteiger partial charge >= 0.3 is 5.97 Å². The van der Waals surface area contributed by atoms with Crippen LogP contribution in [0.1, 0.15) is 35.3 Å². The van der Waals surface area contributed by atoms with E-state index in [2.05, 4.69) is 15.9 Å². The van der Waals surface area contributed by atoms with E-state index >= 15 is 0 Å². The third-order valence-corrected chi connectivity index (χ3v) is 3.91. The van der Waals surface area contributed by atoms with Crippen LogP contribution < -0.4 is 9.47 Å². The highest BCUT2D eigenvalue weighted by Crippen LogP contribution is 2.37. The predicted molar refractivity (Wildman–Crippen MR) is 96.8 cm³/mol. The van der Waals surface area contributed by atoms with Crippen molar-refractivity contribution in [3.63, 3.8) is 0 Å². The summed E-state index contributed by atoms with van der Waals surface area (Å²) in [6.07, 6.45) is 0. The molecule has 128 valence electrons. The van der Waals surface area contributed by atoms with Crippen molar-refractivity contribution in [3.05, 3.63) is 57.6 Å². The molecule has 0 unspecified atom stereocenters. The molecule has 0 heterocycles. The quantitative estimate of drug-likeness (QED) is 0.627. The van der Waals surface area contributed by atoms with Gasteiger partial charge in [0.25, 0.3) is 0 Å². The molecular weight excluding hydrogens is 372 g/mol. The molecule has 0 aromatic heterocycles. The molecule has 5 heteroatoms. The molecule has 0 aliphatic rings. The van der Waals surface area contributed by atoms with Crippen LogP contribution in [0.15, 0.2) is 40.9 Å². The number of aryl methyl sites for hydroxylation is 1. The summed E-state index contributed by atoms with van der Waals surface area (Å²) in [4.78, 5) is 11.9. The van der Waals surface area contributed by atoms with Crippen LogP contribution in [0, 0.1) is 6.92 Å². The Bertz CT molecular complexity index is 695. The van der Waals surface area contributed by atoms with Gasteiger partial charge in [-0.3, -0.25) is 0 Å². The number of esters is 1. The molecule has 0 fully saturated rings. The van der Waals surface area contributed by atoms with E-state index in [-0.39, 0.29) is 5.97 Å². The molecule has 2 aromatic carbocycles. The van der Waals surface area contributed by atoms with Gasteiger partial charge in [-0.2, -0.15) is 0 Å². The first-order chi connectivity index (χ1) is 11.5. The zero-order valence-corrected chi connectivity index (χ0v) is 15.7. The van der Waals surface area contributed by atoms with Crippen molar-refractivity contribution >= 4 is 21.9 Å². The van der Waals surface area contributed by atoms with Crippen LogP contribution in [0.4, 0.5) is 0 Å². The summed E-state index contributed by atoms with van der Waals surface area (Å²) in [7, 11) is 0. The molecule has 0 amide bonds. The topological polar surface area (TPSA) is 44.8 Å². The number of benzene rings is 2. The number of halogens is 1. The number of hydrogen-bond donors (Lipinski definition) is 0. The lowest BCUT2D eigenvalue weighted by Crippen LogP contribution is -2.07. The zero-order chi connectivity index (χ0) is 17.5. The van der Waals surface area contributed by atoms with Gasteiger partial charge in [-0.15, -0.1) is 0 Å². The maximum Gasteiger partial charge on any atom is 0.338 e. The smallest absolute Gasteiger partial charge is 0.338 e. The minimum Gasteiger partial charge on any atom is -0.490 e. The fourth-order valence-electron chi connectivity index (χ4n) is 2.14. The average molecular weight is 393 g/mol. The fraction of sp³-hybridized carbons (Fsp3) is 0.316. The molecule has 0 saturated heterocycles. The first-order valence-electron chi connectivity index (χ1n) is 7.87. The van der Waals surface area contributed by atoms with E-state index in [0.717, 1.165) is 5.56 Å². The number of carbonyl (C=O) groups excluding carboxylic acids is 1. The van der Waals surface area contributed by atoms with E-state index < -0.39 is 0 Å². The Morgan fingerprint density at radius 2 is 1.75 bits per heavy atom. The van der Waals surface area contributed by atoms with Gasteiger partial charge in [-0.1, -0.05) is 29.8 Å². The van der Waals surface area contributed by atoms with Gasteiger partial charge in [0.15, 0.2) is 11.5 Å². The fourth-order valence-corrected chi connectivity index (χ4v) is 2.70. The summed E-state index contributed by atoms with van der Waals surface area (Å²) in [5.74, 6) is 0.705. The molecule has 0 bridgehead atoms. The van der Waals surface area contributed by atoms with Gasteiger partial charge in [-0.05, 0) is 54.4 Å². The normalized spacial score (nSPS) is 10.3. The molecule has 2 rings (SSSR count). The van der Waals surface area contributed by atoms with Gasteiger partial charge in [-0.25, -0.2) is 4.79 Å². The van der Waals surface area contributed by atoms with Crippen molar-refractivity contribution < 1.29 is 19.0 Å². The number of hydrogen-bond acceptors (Lipinski definition) is 4. The summed E-state index contributed by atoms with van der Waals surface area (Å²) >= 11 is 3.46. The van der Waals surface area contributed by atoms with E-state index in [0.29, 0.717) is 41.4 Å². The molecule has 0 spiro atoms. The van der Waals surface area contributed by atoms with E-state index in [4.69, 9.17) is 14.2 Å².